The first kappa shape index (κ1) is 16.7. The van der Waals surface area contributed by atoms with Gasteiger partial charge in [-0.1, -0.05) is 47.2 Å². The van der Waals surface area contributed by atoms with Crippen LogP contribution in [0.15, 0.2) is 42.5 Å². The average Bonchev–Trinajstić information content (AvgIpc) is 3.03. The number of anilines is 1. The van der Waals surface area contributed by atoms with Gasteiger partial charge in [0.1, 0.15) is 5.01 Å². The zero-order chi connectivity index (χ0) is 18.0. The number of aryl methyl sites for hydroxylation is 1. The Morgan fingerprint density at radius 2 is 1.84 bits per heavy atom. The lowest BCUT2D eigenvalue weighted by Gasteiger charge is -2.05. The van der Waals surface area contributed by atoms with Gasteiger partial charge >= 0.3 is 0 Å². The van der Waals surface area contributed by atoms with Crippen molar-refractivity contribution in [2.24, 2.45) is 0 Å². The molecule has 3 rings (SSSR count). The number of hydrogen-bond acceptors (Lipinski definition) is 6. The first-order valence-corrected chi connectivity index (χ1v) is 8.23. The molecule has 0 spiro atoms. The summed E-state index contributed by atoms with van der Waals surface area (Å²) in [4.78, 5) is 22.9. The molecule has 2 aromatic carbocycles. The van der Waals surface area contributed by atoms with Crippen molar-refractivity contribution in [3.8, 4) is 10.6 Å². The van der Waals surface area contributed by atoms with E-state index in [-0.39, 0.29) is 11.3 Å². The van der Waals surface area contributed by atoms with Gasteiger partial charge in [0.15, 0.2) is 0 Å². The van der Waals surface area contributed by atoms with Crippen molar-refractivity contribution in [1.29, 1.82) is 0 Å². The van der Waals surface area contributed by atoms with Gasteiger partial charge in [0, 0.05) is 22.8 Å². The van der Waals surface area contributed by atoms with E-state index in [1.54, 1.807) is 13.0 Å². The summed E-state index contributed by atoms with van der Waals surface area (Å²) in [7, 11) is 0. The third-order valence-corrected chi connectivity index (χ3v) is 4.58. The number of aromatic nitrogens is 2. The van der Waals surface area contributed by atoms with Crippen molar-refractivity contribution in [2.75, 3.05) is 5.32 Å². The number of carbonyl (C=O) groups excluding carboxylic acids is 1. The molecule has 1 heterocycles. The molecule has 0 atom stereocenters. The van der Waals surface area contributed by atoms with E-state index in [2.05, 4.69) is 15.5 Å². The van der Waals surface area contributed by atoms with Crippen LogP contribution in [0.3, 0.4) is 0 Å². The van der Waals surface area contributed by atoms with Gasteiger partial charge in [-0.25, -0.2) is 0 Å². The first-order chi connectivity index (χ1) is 12.0. The Morgan fingerprint density at radius 1 is 1.12 bits per heavy atom. The van der Waals surface area contributed by atoms with Gasteiger partial charge < -0.3 is 0 Å². The van der Waals surface area contributed by atoms with Gasteiger partial charge in [0.05, 0.1) is 4.92 Å². The molecule has 0 bridgehead atoms. The van der Waals surface area contributed by atoms with Crippen LogP contribution in [0.2, 0.25) is 0 Å². The molecule has 0 unspecified atom stereocenters. The predicted octanol–water partition coefficient (Wildman–Crippen LogP) is 3.98. The molecule has 1 amide bonds. The second-order valence-corrected chi connectivity index (χ2v) is 6.42. The summed E-state index contributed by atoms with van der Waals surface area (Å²) in [6.45, 7) is 3.54. The fourth-order valence-electron chi connectivity index (χ4n) is 2.32. The Labute approximate surface area is 147 Å². The molecule has 0 aliphatic heterocycles. The normalized spacial score (nSPS) is 10.5. The van der Waals surface area contributed by atoms with Crippen molar-refractivity contribution in [1.82, 2.24) is 10.2 Å². The molecule has 0 saturated heterocycles. The van der Waals surface area contributed by atoms with Crippen LogP contribution >= 0.6 is 11.3 Å². The summed E-state index contributed by atoms with van der Waals surface area (Å²) in [5, 5.41) is 22.7. The van der Waals surface area contributed by atoms with Gasteiger partial charge in [-0.2, -0.15) is 0 Å². The van der Waals surface area contributed by atoms with E-state index in [1.807, 2.05) is 31.2 Å². The number of nitro groups is 1. The fraction of sp³-hybridized carbons (Fsp3) is 0.118. The zero-order valence-electron chi connectivity index (χ0n) is 13.5. The maximum Gasteiger partial charge on any atom is 0.273 e. The minimum Gasteiger partial charge on any atom is -0.296 e. The topological polar surface area (TPSA) is 98.0 Å². The lowest BCUT2D eigenvalue weighted by Crippen LogP contribution is -2.14. The van der Waals surface area contributed by atoms with Crippen molar-refractivity contribution < 1.29 is 9.72 Å². The lowest BCUT2D eigenvalue weighted by molar-refractivity contribution is -0.385. The minimum absolute atomic E-state index is 0.0924. The van der Waals surface area contributed by atoms with Crippen LogP contribution < -0.4 is 5.32 Å². The van der Waals surface area contributed by atoms with Crippen molar-refractivity contribution in [3.63, 3.8) is 0 Å². The quantitative estimate of drug-likeness (QED) is 0.564. The van der Waals surface area contributed by atoms with E-state index >= 15 is 0 Å². The summed E-state index contributed by atoms with van der Waals surface area (Å²) in [6.07, 6.45) is 0. The van der Waals surface area contributed by atoms with Gasteiger partial charge in [-0.05, 0) is 19.9 Å². The standard InChI is InChI=1S/C17H14N4O3S/c1-10-6-8-12(9-7-10)16-19-20-17(25-16)18-15(22)13-4-3-5-14(11(13)2)21(23)24/h3-9H,1-2H3,(H,18,20,22). The smallest absolute Gasteiger partial charge is 0.273 e. The molecule has 0 radical (unpaired) electrons. The lowest BCUT2D eigenvalue weighted by atomic mass is 10.1. The van der Waals surface area contributed by atoms with E-state index in [1.165, 1.54) is 23.5 Å². The summed E-state index contributed by atoms with van der Waals surface area (Å²) in [5.74, 6) is -0.451. The van der Waals surface area contributed by atoms with Gasteiger partial charge in [-0.3, -0.25) is 20.2 Å². The van der Waals surface area contributed by atoms with Crippen LogP contribution in [0.5, 0.6) is 0 Å². The molecule has 25 heavy (non-hydrogen) atoms. The van der Waals surface area contributed by atoms with Crippen molar-refractivity contribution in [2.45, 2.75) is 13.8 Å². The SMILES string of the molecule is Cc1ccc(-c2nnc(NC(=O)c3cccc([N+](=O)[O-])c3C)s2)cc1. The minimum atomic E-state index is -0.507. The Hall–Kier alpha value is -3.13. The zero-order valence-corrected chi connectivity index (χ0v) is 14.3. The van der Waals surface area contributed by atoms with Crippen LogP contribution in [0.1, 0.15) is 21.5 Å². The molecule has 1 N–H and O–H groups in total. The molecule has 3 aromatic rings. The van der Waals surface area contributed by atoms with Crippen LogP contribution in [0.25, 0.3) is 10.6 Å². The number of nitrogens with zero attached hydrogens (tertiary/aromatic N) is 3. The first-order valence-electron chi connectivity index (χ1n) is 7.41. The number of hydrogen-bond donors (Lipinski definition) is 1. The Bertz CT molecular complexity index is 951. The van der Waals surface area contributed by atoms with Crippen LogP contribution in [0.4, 0.5) is 10.8 Å². The number of nitro benzene ring substituents is 1. The Morgan fingerprint density at radius 3 is 2.52 bits per heavy atom. The van der Waals surface area contributed by atoms with Crippen LogP contribution in [0, 0.1) is 24.0 Å². The molecular formula is C17H14N4O3S. The maximum absolute atomic E-state index is 12.4. The number of benzene rings is 2. The van der Waals surface area contributed by atoms with Gasteiger partial charge in [0.2, 0.25) is 5.13 Å². The van der Waals surface area contributed by atoms with Crippen molar-refractivity contribution in [3.05, 3.63) is 69.3 Å². The molecule has 8 heteroatoms. The Kier molecular flexibility index (Phi) is 4.53. The summed E-state index contributed by atoms with van der Waals surface area (Å²) < 4.78 is 0. The second kappa shape index (κ2) is 6.78. The molecule has 0 fully saturated rings. The van der Waals surface area contributed by atoms with Crippen LogP contribution in [-0.4, -0.2) is 21.0 Å². The number of amides is 1. The van der Waals surface area contributed by atoms with E-state index < -0.39 is 10.8 Å². The van der Waals surface area contributed by atoms with E-state index in [0.29, 0.717) is 15.7 Å². The van der Waals surface area contributed by atoms with E-state index in [4.69, 9.17) is 0 Å². The maximum atomic E-state index is 12.4. The Balaban J connectivity index is 1.82. The van der Waals surface area contributed by atoms with Crippen LogP contribution in [-0.2, 0) is 0 Å². The monoisotopic (exact) mass is 354 g/mol. The number of carbonyl (C=O) groups is 1. The van der Waals surface area contributed by atoms with E-state index in [0.717, 1.165) is 11.1 Å². The van der Waals surface area contributed by atoms with Crippen molar-refractivity contribution >= 4 is 28.1 Å². The highest BCUT2D eigenvalue weighted by Crippen LogP contribution is 2.27. The van der Waals surface area contributed by atoms with Gasteiger partial charge in [0.25, 0.3) is 11.6 Å². The summed E-state index contributed by atoms with van der Waals surface area (Å²) >= 11 is 1.24. The molecule has 0 saturated carbocycles. The van der Waals surface area contributed by atoms with Gasteiger partial charge in [-0.15, -0.1) is 10.2 Å². The molecule has 126 valence electrons. The number of rotatable bonds is 4. The molecule has 7 nitrogen and oxygen atoms in total. The van der Waals surface area contributed by atoms with E-state index in [9.17, 15) is 14.9 Å². The number of nitrogens with one attached hydrogen (secondary N) is 1. The third-order valence-electron chi connectivity index (χ3n) is 3.69. The predicted molar refractivity (Wildman–Crippen MR) is 95.9 cm³/mol. The molecule has 0 aliphatic rings. The average molecular weight is 354 g/mol. The molecular weight excluding hydrogens is 340 g/mol. The summed E-state index contributed by atoms with van der Waals surface area (Å²) in [5.41, 5.74) is 2.51. The largest absolute Gasteiger partial charge is 0.296 e. The molecule has 0 aliphatic carbocycles. The highest BCUT2D eigenvalue weighted by molar-refractivity contribution is 7.18. The summed E-state index contributed by atoms with van der Waals surface area (Å²) in [6, 6.07) is 12.2. The second-order valence-electron chi connectivity index (χ2n) is 5.44. The third kappa shape index (κ3) is 3.53. The molecule has 1 aromatic heterocycles. The highest BCUT2D eigenvalue weighted by Gasteiger charge is 2.19. The highest BCUT2D eigenvalue weighted by atomic mass is 32.1. The fourth-order valence-corrected chi connectivity index (χ4v) is 3.06.